The van der Waals surface area contributed by atoms with Crippen LogP contribution in [-0.2, 0) is 4.79 Å². The van der Waals surface area contributed by atoms with Crippen molar-refractivity contribution in [2.24, 2.45) is 0 Å². The summed E-state index contributed by atoms with van der Waals surface area (Å²) in [5.41, 5.74) is 3.41. The van der Waals surface area contributed by atoms with Crippen LogP contribution in [-0.4, -0.2) is 21.8 Å². The fourth-order valence-corrected chi connectivity index (χ4v) is 3.46. The molecule has 2 heterocycles. The van der Waals surface area contributed by atoms with Gasteiger partial charge >= 0.3 is 0 Å². The number of thiazole rings is 1. The lowest BCUT2D eigenvalue weighted by atomic mass is 10.2. The summed E-state index contributed by atoms with van der Waals surface area (Å²) in [6.45, 7) is 1.44. The van der Waals surface area contributed by atoms with Gasteiger partial charge in [0.25, 0.3) is 5.91 Å². The molecule has 0 aliphatic carbocycles. The van der Waals surface area contributed by atoms with Crippen LogP contribution in [0.3, 0.4) is 0 Å². The van der Waals surface area contributed by atoms with Crippen molar-refractivity contribution in [3.63, 3.8) is 0 Å². The molecule has 3 N–H and O–H groups in total. The quantitative estimate of drug-likeness (QED) is 0.451. The maximum absolute atomic E-state index is 12.4. The van der Waals surface area contributed by atoms with Crippen molar-refractivity contribution in [1.82, 2.24) is 9.97 Å². The van der Waals surface area contributed by atoms with E-state index in [1.54, 1.807) is 35.8 Å². The first kappa shape index (κ1) is 18.6. The van der Waals surface area contributed by atoms with Crippen molar-refractivity contribution >= 4 is 56.2 Å². The van der Waals surface area contributed by atoms with Crippen LogP contribution in [0, 0.1) is 0 Å². The maximum atomic E-state index is 12.4. The van der Waals surface area contributed by atoms with Gasteiger partial charge in [-0.15, -0.1) is 11.3 Å². The van der Waals surface area contributed by atoms with E-state index >= 15 is 0 Å². The Kier molecular flexibility index (Phi) is 5.17. The number of pyridine rings is 1. The summed E-state index contributed by atoms with van der Waals surface area (Å²) in [5, 5.41) is 12.0. The van der Waals surface area contributed by atoms with Gasteiger partial charge in [-0.1, -0.05) is 6.07 Å². The molecule has 0 radical (unpaired) electrons. The smallest absolute Gasteiger partial charge is 0.275 e. The molecular weight excluding hydrogens is 386 g/mol. The molecule has 4 aromatic rings. The highest BCUT2D eigenvalue weighted by atomic mass is 32.1. The highest BCUT2D eigenvalue weighted by molar-refractivity contribution is 7.14. The van der Waals surface area contributed by atoms with Crippen molar-refractivity contribution in [3.05, 3.63) is 71.9 Å². The third-order valence-electron chi connectivity index (χ3n) is 4.05. The second-order valence-corrected chi connectivity index (χ2v) is 7.14. The van der Waals surface area contributed by atoms with E-state index in [4.69, 9.17) is 0 Å². The van der Waals surface area contributed by atoms with Gasteiger partial charge in [-0.25, -0.2) is 4.98 Å². The molecule has 0 atom stereocenters. The van der Waals surface area contributed by atoms with E-state index in [0.717, 1.165) is 16.6 Å². The SMILES string of the molecule is CC(=O)Nc1ccc(NC(=O)c2csc(Nc3ccc4ncccc4c3)n2)cc1. The van der Waals surface area contributed by atoms with Crippen molar-refractivity contribution in [1.29, 1.82) is 0 Å². The third-order valence-corrected chi connectivity index (χ3v) is 4.81. The van der Waals surface area contributed by atoms with Crippen molar-refractivity contribution in [2.75, 3.05) is 16.0 Å². The van der Waals surface area contributed by atoms with Crippen molar-refractivity contribution < 1.29 is 9.59 Å². The van der Waals surface area contributed by atoms with Gasteiger partial charge in [-0.3, -0.25) is 14.6 Å². The Balaban J connectivity index is 1.42. The second-order valence-electron chi connectivity index (χ2n) is 6.29. The molecule has 29 heavy (non-hydrogen) atoms. The molecule has 0 saturated heterocycles. The summed E-state index contributed by atoms with van der Waals surface area (Å²) in [6.07, 6.45) is 1.76. The van der Waals surface area contributed by atoms with Gasteiger partial charge in [0.15, 0.2) is 5.13 Å². The molecule has 0 bridgehead atoms. The monoisotopic (exact) mass is 403 g/mol. The zero-order chi connectivity index (χ0) is 20.2. The molecule has 0 spiro atoms. The predicted octanol–water partition coefficient (Wildman–Crippen LogP) is 4.65. The zero-order valence-electron chi connectivity index (χ0n) is 15.5. The van der Waals surface area contributed by atoms with Gasteiger partial charge in [-0.2, -0.15) is 0 Å². The Labute approximate surface area is 170 Å². The Morgan fingerprint density at radius 3 is 2.41 bits per heavy atom. The molecule has 4 rings (SSSR count). The molecule has 0 aliphatic rings. The molecular formula is C21H17N5O2S. The van der Waals surface area contributed by atoms with E-state index in [2.05, 4.69) is 25.9 Å². The minimum atomic E-state index is -0.302. The number of amides is 2. The standard InChI is InChI=1S/C21H17N5O2S/c1-13(27)23-15-4-6-16(7-5-15)24-20(28)19-12-29-21(26-19)25-17-8-9-18-14(11-17)3-2-10-22-18/h2-12H,1H3,(H,23,27)(H,24,28)(H,25,26). The Morgan fingerprint density at radius 2 is 1.66 bits per heavy atom. The average molecular weight is 403 g/mol. The van der Waals surface area contributed by atoms with Crippen LogP contribution >= 0.6 is 11.3 Å². The minimum Gasteiger partial charge on any atom is -0.332 e. The Bertz CT molecular complexity index is 1190. The number of benzene rings is 2. The number of fused-ring (bicyclic) bond motifs is 1. The van der Waals surface area contributed by atoms with Crippen LogP contribution in [0.25, 0.3) is 10.9 Å². The van der Waals surface area contributed by atoms with Gasteiger partial charge in [0.1, 0.15) is 5.69 Å². The van der Waals surface area contributed by atoms with Crippen LogP contribution < -0.4 is 16.0 Å². The van der Waals surface area contributed by atoms with Crippen LogP contribution in [0.5, 0.6) is 0 Å². The molecule has 0 aliphatic heterocycles. The number of hydrogen-bond donors (Lipinski definition) is 3. The first-order valence-electron chi connectivity index (χ1n) is 8.83. The number of hydrogen-bond acceptors (Lipinski definition) is 6. The maximum Gasteiger partial charge on any atom is 0.275 e. The van der Waals surface area contributed by atoms with E-state index in [1.807, 2.05) is 30.3 Å². The lowest BCUT2D eigenvalue weighted by molar-refractivity contribution is -0.114. The normalized spacial score (nSPS) is 10.5. The highest BCUT2D eigenvalue weighted by Crippen LogP contribution is 2.24. The Hall–Kier alpha value is -3.78. The van der Waals surface area contributed by atoms with Crippen molar-refractivity contribution in [2.45, 2.75) is 6.92 Å². The molecule has 0 unspecified atom stereocenters. The summed E-state index contributed by atoms with van der Waals surface area (Å²) >= 11 is 1.35. The second kappa shape index (κ2) is 8.07. The van der Waals surface area contributed by atoms with Crippen LogP contribution in [0.15, 0.2) is 66.2 Å². The third kappa shape index (κ3) is 4.56. The number of nitrogens with zero attached hydrogens (tertiary/aromatic N) is 2. The molecule has 0 fully saturated rings. The van der Waals surface area contributed by atoms with Gasteiger partial charge in [0.05, 0.1) is 5.52 Å². The summed E-state index contributed by atoms with van der Waals surface area (Å²) in [7, 11) is 0. The number of rotatable bonds is 5. The number of nitrogens with one attached hydrogen (secondary N) is 3. The van der Waals surface area contributed by atoms with E-state index in [-0.39, 0.29) is 11.8 Å². The molecule has 2 amide bonds. The molecule has 2 aromatic carbocycles. The van der Waals surface area contributed by atoms with Crippen molar-refractivity contribution in [3.8, 4) is 0 Å². The average Bonchev–Trinajstić information content (AvgIpc) is 3.18. The Morgan fingerprint density at radius 1 is 0.931 bits per heavy atom. The van der Waals surface area contributed by atoms with Gasteiger partial charge in [-0.05, 0) is 48.5 Å². The molecule has 8 heteroatoms. The van der Waals surface area contributed by atoms with Crippen LogP contribution in [0.4, 0.5) is 22.2 Å². The molecule has 144 valence electrons. The van der Waals surface area contributed by atoms with E-state index < -0.39 is 0 Å². The van der Waals surface area contributed by atoms with E-state index in [9.17, 15) is 9.59 Å². The topological polar surface area (TPSA) is 96.0 Å². The van der Waals surface area contributed by atoms with Gasteiger partial charge < -0.3 is 16.0 Å². The number of carbonyl (C=O) groups excluding carboxylic acids is 2. The number of anilines is 4. The van der Waals surface area contributed by atoms with Crippen LogP contribution in [0.1, 0.15) is 17.4 Å². The first-order valence-corrected chi connectivity index (χ1v) is 9.71. The first-order chi connectivity index (χ1) is 14.1. The predicted molar refractivity (Wildman–Crippen MR) is 116 cm³/mol. The summed E-state index contributed by atoms with van der Waals surface area (Å²) < 4.78 is 0. The van der Waals surface area contributed by atoms with Gasteiger partial charge in [0.2, 0.25) is 5.91 Å². The number of aromatic nitrogens is 2. The fourth-order valence-electron chi connectivity index (χ4n) is 2.75. The summed E-state index contributed by atoms with van der Waals surface area (Å²) in [6, 6.07) is 16.6. The highest BCUT2D eigenvalue weighted by Gasteiger charge is 2.11. The van der Waals surface area contributed by atoms with E-state index in [0.29, 0.717) is 22.2 Å². The van der Waals surface area contributed by atoms with Gasteiger partial charge in [0, 0.05) is 40.9 Å². The zero-order valence-corrected chi connectivity index (χ0v) is 16.3. The molecule has 0 saturated carbocycles. The van der Waals surface area contributed by atoms with Crippen LogP contribution in [0.2, 0.25) is 0 Å². The lowest BCUT2D eigenvalue weighted by Crippen LogP contribution is -2.12. The number of carbonyl (C=O) groups is 2. The molecule has 7 nitrogen and oxygen atoms in total. The largest absolute Gasteiger partial charge is 0.332 e. The van der Waals surface area contributed by atoms with E-state index in [1.165, 1.54) is 18.3 Å². The molecule has 2 aromatic heterocycles. The summed E-state index contributed by atoms with van der Waals surface area (Å²) in [5.74, 6) is -0.448. The lowest BCUT2D eigenvalue weighted by Gasteiger charge is -2.06. The fraction of sp³-hybridized carbons (Fsp3) is 0.0476. The minimum absolute atomic E-state index is 0.146. The summed E-state index contributed by atoms with van der Waals surface area (Å²) in [4.78, 5) is 32.2.